The molecule has 0 fully saturated rings. The zero-order valence-corrected chi connectivity index (χ0v) is 11.9. The molecule has 1 aliphatic heterocycles. The number of nitrogens with one attached hydrogen (secondary N) is 1. The van der Waals surface area contributed by atoms with Crippen molar-refractivity contribution in [3.63, 3.8) is 0 Å². The van der Waals surface area contributed by atoms with Crippen molar-refractivity contribution in [1.29, 1.82) is 0 Å². The van der Waals surface area contributed by atoms with Crippen molar-refractivity contribution < 1.29 is 4.74 Å². The molecule has 0 unspecified atom stereocenters. The average molecular weight is 279 g/mol. The number of nitrogens with zero attached hydrogens (tertiary/aromatic N) is 1. The van der Waals surface area contributed by atoms with E-state index in [4.69, 9.17) is 4.74 Å². The third-order valence-electron chi connectivity index (χ3n) is 2.62. The van der Waals surface area contributed by atoms with Crippen molar-refractivity contribution in [2.24, 2.45) is 0 Å². The minimum Gasteiger partial charge on any atom is -0.492 e. The second kappa shape index (κ2) is 7.77. The number of ether oxygens (including phenoxy) is 1. The van der Waals surface area contributed by atoms with Crippen LogP contribution in [0.1, 0.15) is 11.1 Å². The van der Waals surface area contributed by atoms with Crippen LogP contribution in [0.5, 0.6) is 5.75 Å². The Morgan fingerprint density at radius 3 is 2.59 bits per heavy atom. The van der Waals surface area contributed by atoms with Gasteiger partial charge in [-0.2, -0.15) is 0 Å². The Morgan fingerprint density at radius 1 is 1.18 bits per heavy atom. The van der Waals surface area contributed by atoms with Gasteiger partial charge in [-0.05, 0) is 37.4 Å². The fraction of sp³-hybridized carbons (Fsp3) is 0.500. The standard InChI is InChI=1S/C12H18N2O.2ClH/c1-14(2)5-6-15-12-4-3-10-8-13-9-11(10)7-12;;/h3-4,7,13H,5-6,8-9H2,1-2H3;2*1H. The Kier molecular flexibility index (Phi) is 7.55. The normalized spacial score (nSPS) is 12.6. The summed E-state index contributed by atoms with van der Waals surface area (Å²) in [5.41, 5.74) is 2.77. The molecule has 0 spiro atoms. The maximum Gasteiger partial charge on any atom is 0.119 e. The topological polar surface area (TPSA) is 24.5 Å². The van der Waals surface area contributed by atoms with Crippen molar-refractivity contribution in [2.75, 3.05) is 27.2 Å². The summed E-state index contributed by atoms with van der Waals surface area (Å²) in [4.78, 5) is 2.12. The molecule has 17 heavy (non-hydrogen) atoms. The predicted molar refractivity (Wildman–Crippen MR) is 75.5 cm³/mol. The van der Waals surface area contributed by atoms with Crippen LogP contribution >= 0.6 is 24.8 Å². The predicted octanol–water partition coefficient (Wildman–Crippen LogP) is 2.07. The summed E-state index contributed by atoms with van der Waals surface area (Å²) in [7, 11) is 4.10. The van der Waals surface area contributed by atoms with Gasteiger partial charge < -0.3 is 15.0 Å². The van der Waals surface area contributed by atoms with Gasteiger partial charge in [-0.15, -0.1) is 24.8 Å². The number of fused-ring (bicyclic) bond motifs is 1. The Labute approximate surface area is 115 Å². The Balaban J connectivity index is 0.00000128. The molecule has 0 aliphatic carbocycles. The first kappa shape index (κ1) is 16.5. The van der Waals surface area contributed by atoms with Crippen LogP contribution in [0, 0.1) is 0 Å². The highest BCUT2D eigenvalue weighted by Gasteiger charge is 2.10. The van der Waals surface area contributed by atoms with Gasteiger partial charge in [-0.25, -0.2) is 0 Å². The van der Waals surface area contributed by atoms with Crippen molar-refractivity contribution >= 4 is 24.8 Å². The van der Waals surface area contributed by atoms with E-state index in [9.17, 15) is 0 Å². The number of rotatable bonds is 4. The second-order valence-electron chi connectivity index (χ2n) is 4.19. The first-order valence-corrected chi connectivity index (χ1v) is 5.36. The maximum absolute atomic E-state index is 5.67. The quantitative estimate of drug-likeness (QED) is 0.913. The molecule has 1 aromatic carbocycles. The summed E-state index contributed by atoms with van der Waals surface area (Å²) in [6.45, 7) is 3.67. The Morgan fingerprint density at radius 2 is 1.88 bits per heavy atom. The Hall–Kier alpha value is -0.480. The van der Waals surface area contributed by atoms with Gasteiger partial charge in [0.2, 0.25) is 0 Å². The largest absolute Gasteiger partial charge is 0.492 e. The van der Waals surface area contributed by atoms with Gasteiger partial charge in [0.15, 0.2) is 0 Å². The Bertz CT molecular complexity index is 345. The van der Waals surface area contributed by atoms with E-state index >= 15 is 0 Å². The van der Waals surface area contributed by atoms with Crippen molar-refractivity contribution in [3.05, 3.63) is 29.3 Å². The van der Waals surface area contributed by atoms with Gasteiger partial charge in [0.05, 0.1) is 0 Å². The number of benzene rings is 1. The minimum absolute atomic E-state index is 0. The number of halogens is 2. The zero-order chi connectivity index (χ0) is 10.7. The highest BCUT2D eigenvalue weighted by molar-refractivity contribution is 5.85. The summed E-state index contributed by atoms with van der Waals surface area (Å²) in [5.74, 6) is 0.985. The van der Waals surface area contributed by atoms with E-state index in [1.165, 1.54) is 11.1 Å². The lowest BCUT2D eigenvalue weighted by molar-refractivity contribution is 0.261. The lowest BCUT2D eigenvalue weighted by atomic mass is 10.1. The zero-order valence-electron chi connectivity index (χ0n) is 10.2. The monoisotopic (exact) mass is 278 g/mol. The van der Waals surface area contributed by atoms with Crippen molar-refractivity contribution in [2.45, 2.75) is 13.1 Å². The SMILES string of the molecule is CN(C)CCOc1ccc2c(c1)CNC2.Cl.Cl. The van der Waals surface area contributed by atoms with Crippen LogP contribution in [-0.4, -0.2) is 32.1 Å². The van der Waals surface area contributed by atoms with Crippen LogP contribution in [0.4, 0.5) is 0 Å². The number of hydrogen-bond acceptors (Lipinski definition) is 3. The second-order valence-corrected chi connectivity index (χ2v) is 4.19. The third-order valence-corrected chi connectivity index (χ3v) is 2.62. The number of likely N-dealkylation sites (N-methyl/N-ethyl adjacent to an activating group) is 1. The molecule has 1 N–H and O–H groups in total. The highest BCUT2D eigenvalue weighted by Crippen LogP contribution is 2.21. The van der Waals surface area contributed by atoms with E-state index in [-0.39, 0.29) is 24.8 Å². The number of hydrogen-bond donors (Lipinski definition) is 1. The molecule has 3 nitrogen and oxygen atoms in total. The van der Waals surface area contributed by atoms with Gasteiger partial charge in [0, 0.05) is 19.6 Å². The molecule has 0 saturated carbocycles. The molecule has 1 aliphatic rings. The molecule has 0 saturated heterocycles. The summed E-state index contributed by atoms with van der Waals surface area (Å²) >= 11 is 0. The van der Waals surface area contributed by atoms with Gasteiger partial charge in [0.25, 0.3) is 0 Å². The fourth-order valence-electron chi connectivity index (χ4n) is 1.71. The lowest BCUT2D eigenvalue weighted by Crippen LogP contribution is -2.19. The van der Waals surface area contributed by atoms with E-state index in [0.717, 1.165) is 32.0 Å². The first-order chi connectivity index (χ1) is 7.25. The van der Waals surface area contributed by atoms with Crippen LogP contribution in [0.2, 0.25) is 0 Å². The summed E-state index contributed by atoms with van der Waals surface area (Å²) in [5, 5.41) is 3.33. The van der Waals surface area contributed by atoms with E-state index in [1.54, 1.807) is 0 Å². The fourth-order valence-corrected chi connectivity index (χ4v) is 1.71. The molecule has 1 aromatic rings. The van der Waals surface area contributed by atoms with Gasteiger partial charge >= 0.3 is 0 Å². The third kappa shape index (κ3) is 4.72. The van der Waals surface area contributed by atoms with E-state index in [2.05, 4.69) is 42.5 Å². The van der Waals surface area contributed by atoms with Crippen molar-refractivity contribution in [3.8, 4) is 5.75 Å². The molecule has 5 heteroatoms. The summed E-state index contributed by atoms with van der Waals surface area (Å²) in [6.07, 6.45) is 0. The maximum atomic E-state index is 5.67. The molecule has 0 atom stereocenters. The molecule has 2 rings (SSSR count). The van der Waals surface area contributed by atoms with E-state index in [0.29, 0.717) is 0 Å². The van der Waals surface area contributed by atoms with Crippen LogP contribution in [-0.2, 0) is 13.1 Å². The first-order valence-electron chi connectivity index (χ1n) is 5.36. The molecule has 1 heterocycles. The molecule has 0 amide bonds. The lowest BCUT2D eigenvalue weighted by Gasteiger charge is -2.11. The molecular weight excluding hydrogens is 259 g/mol. The van der Waals surface area contributed by atoms with Gasteiger partial charge in [0.1, 0.15) is 12.4 Å². The molecule has 0 bridgehead atoms. The molecule has 0 radical (unpaired) electrons. The van der Waals surface area contributed by atoms with Crippen LogP contribution in [0.15, 0.2) is 18.2 Å². The van der Waals surface area contributed by atoms with Crippen LogP contribution in [0.25, 0.3) is 0 Å². The van der Waals surface area contributed by atoms with Gasteiger partial charge in [-0.1, -0.05) is 6.07 Å². The minimum atomic E-state index is 0. The van der Waals surface area contributed by atoms with Crippen LogP contribution < -0.4 is 10.1 Å². The molecular formula is C12H20Cl2N2O. The summed E-state index contributed by atoms with van der Waals surface area (Å²) in [6, 6.07) is 6.35. The highest BCUT2D eigenvalue weighted by atomic mass is 35.5. The van der Waals surface area contributed by atoms with Gasteiger partial charge in [-0.3, -0.25) is 0 Å². The summed E-state index contributed by atoms with van der Waals surface area (Å²) < 4.78 is 5.67. The molecule has 0 aromatic heterocycles. The molecule has 98 valence electrons. The van der Waals surface area contributed by atoms with E-state index < -0.39 is 0 Å². The smallest absolute Gasteiger partial charge is 0.119 e. The van der Waals surface area contributed by atoms with Crippen molar-refractivity contribution in [1.82, 2.24) is 10.2 Å². The average Bonchev–Trinajstić information content (AvgIpc) is 2.64. The van der Waals surface area contributed by atoms with Crippen LogP contribution in [0.3, 0.4) is 0 Å². The van der Waals surface area contributed by atoms with E-state index in [1.807, 2.05) is 0 Å².